The van der Waals surface area contributed by atoms with Crippen LogP contribution in [0.5, 0.6) is 0 Å². The van der Waals surface area contributed by atoms with Gasteiger partial charge < -0.3 is 10.6 Å². The molecule has 0 aliphatic carbocycles. The number of nitrogens with two attached hydrogens (primary N) is 1. The summed E-state index contributed by atoms with van der Waals surface area (Å²) in [6, 6.07) is 0.200. The first-order valence-corrected chi connectivity index (χ1v) is 6.51. The van der Waals surface area contributed by atoms with E-state index in [0.717, 1.165) is 37.7 Å². The summed E-state index contributed by atoms with van der Waals surface area (Å²) in [5, 5.41) is 11.4. The molecule has 1 aliphatic heterocycles. The Bertz CT molecular complexity index is 519. The van der Waals surface area contributed by atoms with Gasteiger partial charge in [-0.05, 0) is 19.8 Å². The van der Waals surface area contributed by atoms with Crippen molar-refractivity contribution in [1.29, 1.82) is 0 Å². The highest BCUT2D eigenvalue weighted by molar-refractivity contribution is 5.30. The van der Waals surface area contributed by atoms with Crippen molar-refractivity contribution in [3.05, 3.63) is 18.5 Å². The summed E-state index contributed by atoms with van der Waals surface area (Å²) in [7, 11) is 0. The highest BCUT2D eigenvalue weighted by Crippen LogP contribution is 2.18. The van der Waals surface area contributed by atoms with Gasteiger partial charge in [-0.25, -0.2) is 9.67 Å². The minimum absolute atomic E-state index is 0.0118. The maximum absolute atomic E-state index is 5.98. The van der Waals surface area contributed by atoms with Crippen molar-refractivity contribution in [2.75, 3.05) is 18.0 Å². The summed E-state index contributed by atoms with van der Waals surface area (Å²) in [5.74, 6) is 1.50. The molecule has 2 atom stereocenters. The molecule has 1 saturated heterocycles. The lowest BCUT2D eigenvalue weighted by Crippen LogP contribution is -2.43. The van der Waals surface area contributed by atoms with Crippen LogP contribution >= 0.6 is 0 Å². The molecule has 3 rings (SSSR count). The quantitative estimate of drug-likeness (QED) is 0.803. The van der Waals surface area contributed by atoms with Crippen molar-refractivity contribution in [3.8, 4) is 0 Å². The molecule has 8 nitrogen and oxygen atoms in total. The lowest BCUT2D eigenvalue weighted by atomic mass is 10.1. The van der Waals surface area contributed by atoms with Crippen molar-refractivity contribution in [1.82, 2.24) is 29.9 Å². The number of piperidine rings is 1. The topological polar surface area (TPSA) is 102 Å². The second-order valence-corrected chi connectivity index (χ2v) is 4.92. The van der Waals surface area contributed by atoms with E-state index < -0.39 is 0 Å². The molecule has 102 valence electrons. The Morgan fingerprint density at radius 3 is 3.16 bits per heavy atom. The smallest absolute Gasteiger partial charge is 0.244 e. The van der Waals surface area contributed by atoms with Gasteiger partial charge in [-0.3, -0.25) is 5.10 Å². The van der Waals surface area contributed by atoms with Gasteiger partial charge in [-0.1, -0.05) is 0 Å². The Morgan fingerprint density at radius 2 is 2.42 bits per heavy atom. The predicted octanol–water partition coefficient (Wildman–Crippen LogP) is -0.0670. The third kappa shape index (κ3) is 2.43. The highest BCUT2D eigenvalue weighted by atomic mass is 15.4. The Balaban J connectivity index is 1.76. The first-order chi connectivity index (χ1) is 9.24. The Morgan fingerprint density at radius 1 is 1.53 bits per heavy atom. The zero-order valence-electron chi connectivity index (χ0n) is 10.9. The molecule has 0 saturated carbocycles. The number of anilines is 1. The van der Waals surface area contributed by atoms with Crippen molar-refractivity contribution >= 4 is 5.95 Å². The molecule has 0 radical (unpaired) electrons. The van der Waals surface area contributed by atoms with Gasteiger partial charge in [0.2, 0.25) is 5.95 Å². The van der Waals surface area contributed by atoms with Gasteiger partial charge in [0.15, 0.2) is 5.82 Å². The van der Waals surface area contributed by atoms with Crippen molar-refractivity contribution < 1.29 is 0 Å². The SMILES string of the molecule is CC(c1nc(N2CCCC(N)C2)n[nH]1)n1cncn1. The lowest BCUT2D eigenvalue weighted by Gasteiger charge is -2.29. The third-order valence-corrected chi connectivity index (χ3v) is 3.46. The second-order valence-electron chi connectivity index (χ2n) is 4.92. The Kier molecular flexibility index (Phi) is 3.16. The highest BCUT2D eigenvalue weighted by Gasteiger charge is 2.21. The zero-order chi connectivity index (χ0) is 13.2. The summed E-state index contributed by atoms with van der Waals surface area (Å²) in [4.78, 5) is 10.6. The summed E-state index contributed by atoms with van der Waals surface area (Å²) in [5.41, 5.74) is 5.98. The molecule has 0 spiro atoms. The maximum Gasteiger partial charge on any atom is 0.244 e. The van der Waals surface area contributed by atoms with Crippen LogP contribution in [-0.2, 0) is 0 Å². The first kappa shape index (κ1) is 12.1. The molecule has 0 amide bonds. The fraction of sp³-hybridized carbons (Fsp3) is 0.636. The molecule has 2 unspecified atom stereocenters. The standard InChI is InChI=1S/C11H18N8/c1-8(19-7-13-6-14-19)10-15-11(17-16-10)18-4-2-3-9(12)5-18/h6-9H,2-5,12H2,1H3,(H,15,16,17). The molecule has 3 N–H and O–H groups in total. The summed E-state index contributed by atoms with van der Waals surface area (Å²) in [6.45, 7) is 3.78. The number of hydrogen-bond donors (Lipinski definition) is 2. The number of nitrogens with one attached hydrogen (secondary N) is 1. The minimum Gasteiger partial charge on any atom is -0.338 e. The van der Waals surface area contributed by atoms with Crippen LogP contribution in [0.1, 0.15) is 31.6 Å². The van der Waals surface area contributed by atoms with Crippen LogP contribution in [0.25, 0.3) is 0 Å². The number of H-pyrrole nitrogens is 1. The third-order valence-electron chi connectivity index (χ3n) is 3.46. The van der Waals surface area contributed by atoms with Gasteiger partial charge in [-0.15, -0.1) is 5.10 Å². The molecule has 19 heavy (non-hydrogen) atoms. The van der Waals surface area contributed by atoms with Crippen LogP contribution < -0.4 is 10.6 Å². The molecule has 1 aliphatic rings. The molecule has 2 aromatic heterocycles. The fourth-order valence-corrected chi connectivity index (χ4v) is 2.33. The molecule has 3 heterocycles. The van der Waals surface area contributed by atoms with Crippen molar-refractivity contribution in [2.24, 2.45) is 5.73 Å². The number of rotatable bonds is 3. The maximum atomic E-state index is 5.98. The van der Waals surface area contributed by atoms with Crippen LogP contribution in [-0.4, -0.2) is 49.1 Å². The summed E-state index contributed by atoms with van der Waals surface area (Å²) >= 11 is 0. The molecule has 0 bridgehead atoms. The van der Waals surface area contributed by atoms with Gasteiger partial charge >= 0.3 is 0 Å². The van der Waals surface area contributed by atoms with Gasteiger partial charge in [0.25, 0.3) is 0 Å². The van der Waals surface area contributed by atoms with E-state index in [9.17, 15) is 0 Å². The monoisotopic (exact) mass is 262 g/mol. The second kappa shape index (κ2) is 4.96. The summed E-state index contributed by atoms with van der Waals surface area (Å²) < 4.78 is 1.74. The van der Waals surface area contributed by atoms with E-state index in [1.165, 1.54) is 6.33 Å². The van der Waals surface area contributed by atoms with E-state index in [1.807, 2.05) is 6.92 Å². The first-order valence-electron chi connectivity index (χ1n) is 6.51. The van der Waals surface area contributed by atoms with E-state index >= 15 is 0 Å². The van der Waals surface area contributed by atoms with E-state index in [-0.39, 0.29) is 12.1 Å². The lowest BCUT2D eigenvalue weighted by molar-refractivity contribution is 0.499. The largest absolute Gasteiger partial charge is 0.338 e. The predicted molar refractivity (Wildman–Crippen MR) is 69.6 cm³/mol. The van der Waals surface area contributed by atoms with E-state index in [0.29, 0.717) is 0 Å². The van der Waals surface area contributed by atoms with Gasteiger partial charge in [0.1, 0.15) is 18.7 Å². The number of nitrogens with zero attached hydrogens (tertiary/aromatic N) is 6. The van der Waals surface area contributed by atoms with Crippen LogP contribution in [0.3, 0.4) is 0 Å². The van der Waals surface area contributed by atoms with Crippen LogP contribution in [0.4, 0.5) is 5.95 Å². The number of aromatic amines is 1. The number of hydrogen-bond acceptors (Lipinski definition) is 6. The van der Waals surface area contributed by atoms with Crippen molar-refractivity contribution in [2.45, 2.75) is 31.8 Å². The fourth-order valence-electron chi connectivity index (χ4n) is 2.33. The molecule has 2 aromatic rings. The molecular weight excluding hydrogens is 244 g/mol. The molecule has 8 heteroatoms. The van der Waals surface area contributed by atoms with Crippen molar-refractivity contribution in [3.63, 3.8) is 0 Å². The zero-order valence-corrected chi connectivity index (χ0v) is 10.9. The summed E-state index contributed by atoms with van der Waals surface area (Å²) in [6.07, 6.45) is 5.34. The number of aromatic nitrogens is 6. The minimum atomic E-state index is -0.0118. The van der Waals surface area contributed by atoms with Gasteiger partial charge in [0.05, 0.1) is 0 Å². The average Bonchev–Trinajstić information content (AvgIpc) is 3.10. The van der Waals surface area contributed by atoms with E-state index in [2.05, 4.69) is 30.2 Å². The van der Waals surface area contributed by atoms with Crippen LogP contribution in [0, 0.1) is 0 Å². The molecular formula is C11H18N8. The van der Waals surface area contributed by atoms with Crippen LogP contribution in [0.15, 0.2) is 12.7 Å². The van der Waals surface area contributed by atoms with E-state index in [1.54, 1.807) is 11.0 Å². The van der Waals surface area contributed by atoms with E-state index in [4.69, 9.17) is 5.73 Å². The van der Waals surface area contributed by atoms with Gasteiger partial charge in [-0.2, -0.15) is 10.1 Å². The van der Waals surface area contributed by atoms with Crippen LogP contribution in [0.2, 0.25) is 0 Å². The molecule has 1 fully saturated rings. The normalized spacial score (nSPS) is 21.6. The Hall–Kier alpha value is -1.96. The van der Waals surface area contributed by atoms with Gasteiger partial charge in [0, 0.05) is 19.1 Å². The molecule has 0 aromatic carbocycles. The average molecular weight is 262 g/mol. The Labute approximate surface area is 111 Å².